The van der Waals surface area contributed by atoms with E-state index in [1.54, 1.807) is 7.11 Å². The molecule has 3 heteroatoms. The first-order valence-electron chi connectivity index (χ1n) is 7.57. The van der Waals surface area contributed by atoms with Crippen molar-refractivity contribution in [1.82, 2.24) is 10.2 Å². The number of benzene rings is 1. The van der Waals surface area contributed by atoms with Crippen molar-refractivity contribution in [2.45, 2.75) is 39.8 Å². The van der Waals surface area contributed by atoms with Gasteiger partial charge in [-0.25, -0.2) is 0 Å². The maximum absolute atomic E-state index is 5.33. The van der Waals surface area contributed by atoms with Crippen LogP contribution in [0.1, 0.15) is 39.3 Å². The maximum Gasteiger partial charge on any atom is 0.119 e. The summed E-state index contributed by atoms with van der Waals surface area (Å²) in [5.41, 5.74) is 1.29. The number of methoxy groups -OCH3 is 1. The van der Waals surface area contributed by atoms with Crippen LogP contribution < -0.4 is 10.1 Å². The highest BCUT2D eigenvalue weighted by Crippen LogP contribution is 2.21. The summed E-state index contributed by atoms with van der Waals surface area (Å²) in [5, 5.41) is 3.58. The van der Waals surface area contributed by atoms with Crippen LogP contribution in [-0.4, -0.2) is 38.2 Å². The second-order valence-corrected chi connectivity index (χ2v) is 5.81. The molecular weight excluding hydrogens is 248 g/mol. The Labute approximate surface area is 124 Å². The zero-order chi connectivity index (χ0) is 15.1. The van der Waals surface area contributed by atoms with E-state index in [0.717, 1.165) is 18.8 Å². The topological polar surface area (TPSA) is 24.5 Å². The zero-order valence-corrected chi connectivity index (χ0v) is 13.8. The van der Waals surface area contributed by atoms with Gasteiger partial charge in [0.2, 0.25) is 0 Å². The summed E-state index contributed by atoms with van der Waals surface area (Å²) in [6, 6.07) is 9.26. The lowest BCUT2D eigenvalue weighted by molar-refractivity contribution is 0.188. The highest BCUT2D eigenvalue weighted by atomic mass is 16.5. The summed E-state index contributed by atoms with van der Waals surface area (Å²) in [6.45, 7) is 11.0. The summed E-state index contributed by atoms with van der Waals surface area (Å²) in [7, 11) is 3.92. The van der Waals surface area contributed by atoms with Crippen LogP contribution in [0.2, 0.25) is 0 Å². The fourth-order valence-electron chi connectivity index (χ4n) is 2.36. The molecule has 1 rings (SSSR count). The van der Waals surface area contributed by atoms with E-state index in [1.165, 1.54) is 5.56 Å². The second kappa shape index (κ2) is 8.28. The van der Waals surface area contributed by atoms with Crippen LogP contribution in [0.5, 0.6) is 5.75 Å². The molecule has 0 amide bonds. The second-order valence-electron chi connectivity index (χ2n) is 5.81. The van der Waals surface area contributed by atoms with Gasteiger partial charge in [-0.3, -0.25) is 0 Å². The van der Waals surface area contributed by atoms with Gasteiger partial charge in [-0.2, -0.15) is 0 Å². The Kier molecular flexibility index (Phi) is 7.03. The van der Waals surface area contributed by atoms with Gasteiger partial charge >= 0.3 is 0 Å². The minimum Gasteiger partial charge on any atom is -0.497 e. The van der Waals surface area contributed by atoms with Gasteiger partial charge in [0.1, 0.15) is 5.75 Å². The fourth-order valence-corrected chi connectivity index (χ4v) is 2.36. The van der Waals surface area contributed by atoms with E-state index in [2.05, 4.69) is 63.2 Å². The Hall–Kier alpha value is -1.06. The maximum atomic E-state index is 5.33. The number of hydrogen-bond donors (Lipinski definition) is 1. The highest BCUT2D eigenvalue weighted by molar-refractivity contribution is 5.30. The first-order chi connectivity index (χ1) is 9.49. The monoisotopic (exact) mass is 278 g/mol. The summed E-state index contributed by atoms with van der Waals surface area (Å²) in [5.74, 6) is 1.58. The summed E-state index contributed by atoms with van der Waals surface area (Å²) < 4.78 is 5.33. The molecular formula is C17H30N2O. The number of likely N-dealkylation sites (N-methyl/N-ethyl adjacent to an activating group) is 2. The third-order valence-electron chi connectivity index (χ3n) is 4.08. The lowest BCUT2D eigenvalue weighted by atomic mass is 10.0. The van der Waals surface area contributed by atoms with Crippen LogP contribution in [-0.2, 0) is 0 Å². The molecule has 0 spiro atoms. The molecule has 0 aliphatic rings. The lowest BCUT2D eigenvalue weighted by Gasteiger charge is -2.32. The molecule has 0 aliphatic carbocycles. The Bertz CT molecular complexity index is 392. The normalized spacial score (nSPS) is 14.6. The highest BCUT2D eigenvalue weighted by Gasteiger charge is 2.18. The van der Waals surface area contributed by atoms with Gasteiger partial charge in [-0.15, -0.1) is 0 Å². The van der Waals surface area contributed by atoms with Crippen molar-refractivity contribution < 1.29 is 4.74 Å². The minimum absolute atomic E-state index is 0.335. The van der Waals surface area contributed by atoms with Crippen molar-refractivity contribution in [3.05, 3.63) is 29.8 Å². The molecule has 0 aliphatic heterocycles. The molecule has 0 fully saturated rings. The lowest BCUT2D eigenvalue weighted by Crippen LogP contribution is -2.40. The molecule has 20 heavy (non-hydrogen) atoms. The third-order valence-corrected chi connectivity index (χ3v) is 4.08. The molecule has 0 saturated heterocycles. The number of nitrogens with zero attached hydrogens (tertiary/aromatic N) is 1. The summed E-state index contributed by atoms with van der Waals surface area (Å²) in [6.07, 6.45) is 0. The first-order valence-corrected chi connectivity index (χ1v) is 7.57. The third kappa shape index (κ3) is 4.80. The molecule has 0 radical (unpaired) electrons. The van der Waals surface area contributed by atoms with E-state index >= 15 is 0 Å². The molecule has 2 unspecified atom stereocenters. The van der Waals surface area contributed by atoms with Crippen LogP contribution >= 0.6 is 0 Å². The van der Waals surface area contributed by atoms with Crippen molar-refractivity contribution in [2.24, 2.45) is 5.92 Å². The first kappa shape index (κ1) is 17.0. The van der Waals surface area contributed by atoms with E-state index in [4.69, 9.17) is 4.74 Å². The van der Waals surface area contributed by atoms with E-state index < -0.39 is 0 Å². The number of rotatable bonds is 8. The fraction of sp³-hybridized carbons (Fsp3) is 0.647. The van der Waals surface area contributed by atoms with Gasteiger partial charge in [-0.05, 0) is 44.1 Å². The standard InChI is InChI=1S/C17H30N2O/c1-7-18-17(12-19(5)14(4)13(2)3)15-9-8-10-16(11-15)20-6/h8-11,13-14,17-18H,7,12H2,1-6H3. The van der Waals surface area contributed by atoms with Crippen LogP contribution in [0.3, 0.4) is 0 Å². The van der Waals surface area contributed by atoms with Gasteiger partial charge in [0.05, 0.1) is 7.11 Å². The van der Waals surface area contributed by atoms with Crippen molar-refractivity contribution in [3.8, 4) is 5.75 Å². The van der Waals surface area contributed by atoms with Crippen LogP contribution in [0.4, 0.5) is 0 Å². The number of hydrogen-bond acceptors (Lipinski definition) is 3. The van der Waals surface area contributed by atoms with Gasteiger partial charge < -0.3 is 15.0 Å². The molecule has 3 nitrogen and oxygen atoms in total. The van der Waals surface area contributed by atoms with Gasteiger partial charge in [0.25, 0.3) is 0 Å². The van der Waals surface area contributed by atoms with Crippen molar-refractivity contribution >= 4 is 0 Å². The number of ether oxygens (including phenoxy) is 1. The predicted molar refractivity (Wildman–Crippen MR) is 86.3 cm³/mol. The van der Waals surface area contributed by atoms with Crippen molar-refractivity contribution in [1.29, 1.82) is 0 Å². The Balaban J connectivity index is 2.82. The van der Waals surface area contributed by atoms with Gasteiger partial charge in [0.15, 0.2) is 0 Å². The molecule has 0 saturated carbocycles. The van der Waals surface area contributed by atoms with E-state index in [1.807, 2.05) is 6.07 Å². The minimum atomic E-state index is 0.335. The van der Waals surface area contributed by atoms with E-state index in [9.17, 15) is 0 Å². The SMILES string of the molecule is CCNC(CN(C)C(C)C(C)C)c1cccc(OC)c1. The van der Waals surface area contributed by atoms with Crippen LogP contribution in [0, 0.1) is 5.92 Å². The smallest absolute Gasteiger partial charge is 0.119 e. The molecule has 0 aromatic heterocycles. The van der Waals surface area contributed by atoms with Gasteiger partial charge in [-0.1, -0.05) is 32.9 Å². The van der Waals surface area contributed by atoms with Crippen LogP contribution in [0.25, 0.3) is 0 Å². The average molecular weight is 278 g/mol. The summed E-state index contributed by atoms with van der Waals surface area (Å²) >= 11 is 0. The molecule has 1 aromatic rings. The quantitative estimate of drug-likeness (QED) is 0.789. The summed E-state index contributed by atoms with van der Waals surface area (Å²) in [4.78, 5) is 2.43. The molecule has 1 N–H and O–H groups in total. The Morgan fingerprint density at radius 3 is 2.50 bits per heavy atom. The molecule has 0 heterocycles. The molecule has 2 atom stereocenters. The molecule has 0 bridgehead atoms. The zero-order valence-electron chi connectivity index (χ0n) is 13.8. The largest absolute Gasteiger partial charge is 0.497 e. The van der Waals surface area contributed by atoms with E-state index in [-0.39, 0.29) is 0 Å². The van der Waals surface area contributed by atoms with Crippen LogP contribution in [0.15, 0.2) is 24.3 Å². The Morgan fingerprint density at radius 1 is 1.25 bits per heavy atom. The average Bonchev–Trinajstić information content (AvgIpc) is 2.45. The number of nitrogens with one attached hydrogen (secondary N) is 1. The molecule has 114 valence electrons. The predicted octanol–water partition coefficient (Wildman–Crippen LogP) is 3.32. The van der Waals surface area contributed by atoms with Crippen molar-refractivity contribution in [2.75, 3.05) is 27.2 Å². The van der Waals surface area contributed by atoms with Gasteiger partial charge in [0, 0.05) is 18.6 Å². The molecule has 1 aromatic carbocycles. The van der Waals surface area contributed by atoms with E-state index in [0.29, 0.717) is 18.0 Å². The van der Waals surface area contributed by atoms with Crippen molar-refractivity contribution in [3.63, 3.8) is 0 Å². The Morgan fingerprint density at radius 2 is 1.95 bits per heavy atom.